The second-order valence-electron chi connectivity index (χ2n) is 5.06. The zero-order valence-electron chi connectivity index (χ0n) is 13.2. The second-order valence-corrected chi connectivity index (χ2v) is 5.06. The Morgan fingerprint density at radius 2 is 1.77 bits per heavy atom. The van der Waals surface area contributed by atoms with Gasteiger partial charge in [0.25, 0.3) is 5.91 Å². The van der Waals surface area contributed by atoms with Crippen LogP contribution in [0.4, 0.5) is 5.69 Å². The average molecular weight is 299 g/mol. The number of carbonyl (C=O) groups excluding carboxylic acids is 1. The topological polar surface area (TPSA) is 47.6 Å². The van der Waals surface area contributed by atoms with Crippen LogP contribution in [0.15, 0.2) is 42.5 Å². The summed E-state index contributed by atoms with van der Waals surface area (Å²) in [4.78, 5) is 12.0. The largest absolute Gasteiger partial charge is 0.494 e. The van der Waals surface area contributed by atoms with Gasteiger partial charge in [-0.05, 0) is 44.5 Å². The van der Waals surface area contributed by atoms with Crippen molar-refractivity contribution in [3.63, 3.8) is 0 Å². The molecule has 0 spiro atoms. The van der Waals surface area contributed by atoms with Crippen molar-refractivity contribution in [2.75, 3.05) is 18.5 Å². The SMILES string of the molecule is CCOc1cccc(OCC(=O)Nc2ccc(C)cc2C)c1. The standard InChI is InChI=1S/C18H21NO3/c1-4-21-15-6-5-7-16(11-15)22-12-18(20)19-17-9-8-13(2)10-14(17)3/h5-11H,4,12H2,1-3H3,(H,19,20). The van der Waals surface area contributed by atoms with Crippen LogP contribution >= 0.6 is 0 Å². The van der Waals surface area contributed by atoms with E-state index in [4.69, 9.17) is 9.47 Å². The highest BCUT2D eigenvalue weighted by atomic mass is 16.5. The van der Waals surface area contributed by atoms with Crippen molar-refractivity contribution in [3.8, 4) is 11.5 Å². The van der Waals surface area contributed by atoms with Crippen molar-refractivity contribution in [1.82, 2.24) is 0 Å². The third-order valence-corrected chi connectivity index (χ3v) is 3.14. The zero-order valence-corrected chi connectivity index (χ0v) is 13.2. The van der Waals surface area contributed by atoms with E-state index in [1.54, 1.807) is 12.1 Å². The lowest BCUT2D eigenvalue weighted by Crippen LogP contribution is -2.20. The quantitative estimate of drug-likeness (QED) is 0.884. The smallest absolute Gasteiger partial charge is 0.262 e. The Balaban J connectivity index is 1.91. The second kappa shape index (κ2) is 7.50. The summed E-state index contributed by atoms with van der Waals surface area (Å²) in [6.45, 7) is 6.46. The molecule has 4 heteroatoms. The van der Waals surface area contributed by atoms with E-state index < -0.39 is 0 Å². The maximum atomic E-state index is 12.0. The highest BCUT2D eigenvalue weighted by Crippen LogP contribution is 2.20. The van der Waals surface area contributed by atoms with Gasteiger partial charge in [-0.25, -0.2) is 0 Å². The summed E-state index contributed by atoms with van der Waals surface area (Å²) in [5.74, 6) is 1.16. The lowest BCUT2D eigenvalue weighted by molar-refractivity contribution is -0.118. The van der Waals surface area contributed by atoms with E-state index in [1.165, 1.54) is 5.56 Å². The van der Waals surface area contributed by atoms with E-state index in [0.29, 0.717) is 12.4 Å². The van der Waals surface area contributed by atoms with Crippen molar-refractivity contribution in [2.24, 2.45) is 0 Å². The molecule has 0 heterocycles. The molecule has 22 heavy (non-hydrogen) atoms. The number of nitrogens with one attached hydrogen (secondary N) is 1. The molecule has 2 aromatic carbocycles. The van der Waals surface area contributed by atoms with E-state index in [9.17, 15) is 4.79 Å². The summed E-state index contributed by atoms with van der Waals surface area (Å²) in [7, 11) is 0. The maximum absolute atomic E-state index is 12.0. The van der Waals surface area contributed by atoms with Gasteiger partial charge in [0, 0.05) is 11.8 Å². The van der Waals surface area contributed by atoms with E-state index in [-0.39, 0.29) is 12.5 Å². The molecule has 0 aliphatic heterocycles. The van der Waals surface area contributed by atoms with Gasteiger partial charge in [0.2, 0.25) is 0 Å². The third kappa shape index (κ3) is 4.52. The van der Waals surface area contributed by atoms with Gasteiger partial charge < -0.3 is 14.8 Å². The first-order valence-corrected chi connectivity index (χ1v) is 7.31. The molecule has 1 N–H and O–H groups in total. The van der Waals surface area contributed by atoms with Gasteiger partial charge in [0.05, 0.1) is 6.61 Å². The van der Waals surface area contributed by atoms with Crippen LogP contribution in [-0.2, 0) is 4.79 Å². The lowest BCUT2D eigenvalue weighted by atomic mass is 10.1. The molecule has 2 rings (SSSR count). The number of benzene rings is 2. The number of carbonyl (C=O) groups is 1. The van der Waals surface area contributed by atoms with Crippen LogP contribution in [-0.4, -0.2) is 19.1 Å². The predicted molar refractivity (Wildman–Crippen MR) is 87.7 cm³/mol. The summed E-state index contributed by atoms with van der Waals surface area (Å²) in [6, 6.07) is 13.2. The summed E-state index contributed by atoms with van der Waals surface area (Å²) >= 11 is 0. The monoisotopic (exact) mass is 299 g/mol. The highest BCUT2D eigenvalue weighted by Gasteiger charge is 2.06. The summed E-state index contributed by atoms with van der Waals surface area (Å²) in [5.41, 5.74) is 3.01. The fourth-order valence-electron chi connectivity index (χ4n) is 2.11. The molecule has 0 unspecified atom stereocenters. The summed E-state index contributed by atoms with van der Waals surface area (Å²) in [6.07, 6.45) is 0. The number of aryl methyl sites for hydroxylation is 2. The molecule has 0 aliphatic carbocycles. The Kier molecular flexibility index (Phi) is 5.42. The minimum atomic E-state index is -0.186. The fraction of sp³-hybridized carbons (Fsp3) is 0.278. The van der Waals surface area contributed by atoms with E-state index in [2.05, 4.69) is 5.32 Å². The van der Waals surface area contributed by atoms with Crippen molar-refractivity contribution in [2.45, 2.75) is 20.8 Å². The average Bonchev–Trinajstić information content (AvgIpc) is 2.49. The molecule has 0 aromatic heterocycles. The number of ether oxygens (including phenoxy) is 2. The van der Waals surface area contributed by atoms with E-state index >= 15 is 0 Å². The van der Waals surface area contributed by atoms with Gasteiger partial charge in [-0.3, -0.25) is 4.79 Å². The Hall–Kier alpha value is -2.49. The first-order valence-electron chi connectivity index (χ1n) is 7.31. The van der Waals surface area contributed by atoms with Crippen LogP contribution in [0.25, 0.3) is 0 Å². The first kappa shape index (κ1) is 15.9. The molecular formula is C18H21NO3. The zero-order chi connectivity index (χ0) is 15.9. The normalized spacial score (nSPS) is 10.1. The van der Waals surface area contributed by atoms with E-state index in [0.717, 1.165) is 17.0 Å². The molecule has 0 aliphatic rings. The molecule has 0 fully saturated rings. The third-order valence-electron chi connectivity index (χ3n) is 3.14. The van der Waals surface area contributed by atoms with E-state index in [1.807, 2.05) is 51.1 Å². The number of hydrogen-bond donors (Lipinski definition) is 1. The predicted octanol–water partition coefficient (Wildman–Crippen LogP) is 3.72. The fourth-order valence-corrected chi connectivity index (χ4v) is 2.11. The maximum Gasteiger partial charge on any atom is 0.262 e. The van der Waals surface area contributed by atoms with Crippen LogP contribution in [0.3, 0.4) is 0 Å². The molecule has 0 bridgehead atoms. The van der Waals surface area contributed by atoms with Crippen LogP contribution in [0.5, 0.6) is 11.5 Å². The molecule has 0 saturated heterocycles. The number of rotatable bonds is 6. The number of hydrogen-bond acceptors (Lipinski definition) is 3. The minimum Gasteiger partial charge on any atom is -0.494 e. The molecular weight excluding hydrogens is 278 g/mol. The van der Waals surface area contributed by atoms with Crippen molar-refractivity contribution in [1.29, 1.82) is 0 Å². The molecule has 0 atom stereocenters. The van der Waals surface area contributed by atoms with Gasteiger partial charge >= 0.3 is 0 Å². The van der Waals surface area contributed by atoms with Crippen LogP contribution < -0.4 is 14.8 Å². The van der Waals surface area contributed by atoms with Gasteiger partial charge in [-0.1, -0.05) is 23.8 Å². The number of amides is 1. The van der Waals surface area contributed by atoms with Crippen LogP contribution in [0.2, 0.25) is 0 Å². The Morgan fingerprint density at radius 1 is 1.05 bits per heavy atom. The minimum absolute atomic E-state index is 0.0388. The molecule has 1 amide bonds. The molecule has 0 radical (unpaired) electrons. The molecule has 2 aromatic rings. The van der Waals surface area contributed by atoms with Crippen LogP contribution in [0, 0.1) is 13.8 Å². The molecule has 4 nitrogen and oxygen atoms in total. The molecule has 116 valence electrons. The summed E-state index contributed by atoms with van der Waals surface area (Å²) in [5, 5.41) is 2.85. The van der Waals surface area contributed by atoms with Crippen molar-refractivity contribution in [3.05, 3.63) is 53.6 Å². The summed E-state index contributed by atoms with van der Waals surface area (Å²) < 4.78 is 10.9. The van der Waals surface area contributed by atoms with Gasteiger partial charge in [-0.2, -0.15) is 0 Å². The van der Waals surface area contributed by atoms with Gasteiger partial charge in [0.15, 0.2) is 6.61 Å². The molecule has 0 saturated carbocycles. The Morgan fingerprint density at radius 3 is 2.45 bits per heavy atom. The van der Waals surface area contributed by atoms with Crippen LogP contribution in [0.1, 0.15) is 18.1 Å². The lowest BCUT2D eigenvalue weighted by Gasteiger charge is -2.11. The Bertz CT molecular complexity index is 653. The van der Waals surface area contributed by atoms with Crippen molar-refractivity contribution < 1.29 is 14.3 Å². The van der Waals surface area contributed by atoms with Gasteiger partial charge in [0.1, 0.15) is 11.5 Å². The highest BCUT2D eigenvalue weighted by molar-refractivity contribution is 5.92. The number of anilines is 1. The van der Waals surface area contributed by atoms with Gasteiger partial charge in [-0.15, -0.1) is 0 Å². The van der Waals surface area contributed by atoms with Crippen molar-refractivity contribution >= 4 is 11.6 Å². The Labute approximate surface area is 131 Å². The first-order chi connectivity index (χ1) is 10.6.